The van der Waals surface area contributed by atoms with E-state index in [4.69, 9.17) is 5.73 Å². The first-order valence-electron chi connectivity index (χ1n) is 5.64. The average molecular weight is 302 g/mol. The molecule has 0 bridgehead atoms. The molecule has 0 aliphatic heterocycles. The van der Waals surface area contributed by atoms with Gasteiger partial charge in [0.25, 0.3) is 0 Å². The number of ether oxygens (including phenoxy) is 1. The van der Waals surface area contributed by atoms with Gasteiger partial charge in [0.1, 0.15) is 0 Å². The van der Waals surface area contributed by atoms with Gasteiger partial charge in [0, 0.05) is 6.04 Å². The molecule has 2 N–H and O–H groups in total. The van der Waals surface area contributed by atoms with E-state index in [1.807, 2.05) is 6.92 Å². The normalized spacial score (nSPS) is 12.7. The summed E-state index contributed by atoms with van der Waals surface area (Å²) in [6, 6.07) is 2.91. The molecule has 0 fully saturated rings. The van der Waals surface area contributed by atoms with Crippen LogP contribution in [0.15, 0.2) is 18.2 Å². The first kappa shape index (κ1) is 18.0. The van der Waals surface area contributed by atoms with Gasteiger partial charge in [-0.1, -0.05) is 25.8 Å². The number of hydrogen-bond donors (Lipinski definition) is 1. The Hall–Kier alpha value is -1.01. The van der Waals surface area contributed by atoms with E-state index < -0.39 is 17.9 Å². The standard InChI is InChI=1S/C12H15F4NO.ClH/c1-2-3-4-10(17)8-5-6-11(9(13)7-8)18-12(14,15)16;/h5-7,10H,2-4,17H2,1H3;1H/t10-;/m0./s1. The molecule has 0 radical (unpaired) electrons. The Bertz CT molecular complexity index is 398. The second kappa shape index (κ2) is 7.55. The lowest BCUT2D eigenvalue weighted by Gasteiger charge is -2.14. The minimum absolute atomic E-state index is 0. The molecule has 0 aliphatic rings. The van der Waals surface area contributed by atoms with Crippen LogP contribution in [0.25, 0.3) is 0 Å². The zero-order chi connectivity index (χ0) is 13.8. The minimum Gasteiger partial charge on any atom is -0.403 e. The van der Waals surface area contributed by atoms with Crippen molar-refractivity contribution in [2.45, 2.75) is 38.6 Å². The van der Waals surface area contributed by atoms with E-state index in [1.165, 1.54) is 6.07 Å². The Morgan fingerprint density at radius 2 is 1.95 bits per heavy atom. The summed E-state index contributed by atoms with van der Waals surface area (Å²) in [5, 5.41) is 0. The van der Waals surface area contributed by atoms with Crippen LogP contribution < -0.4 is 10.5 Å². The molecule has 1 aromatic carbocycles. The first-order chi connectivity index (χ1) is 8.33. The molecule has 1 aromatic rings. The molecule has 0 aliphatic carbocycles. The third-order valence-corrected chi connectivity index (χ3v) is 2.48. The van der Waals surface area contributed by atoms with Crippen LogP contribution in [-0.4, -0.2) is 6.36 Å². The summed E-state index contributed by atoms with van der Waals surface area (Å²) in [6.45, 7) is 1.99. The smallest absolute Gasteiger partial charge is 0.403 e. The number of nitrogens with two attached hydrogens (primary N) is 1. The van der Waals surface area contributed by atoms with Crippen molar-refractivity contribution in [3.8, 4) is 5.75 Å². The Labute approximate surface area is 115 Å². The molecular weight excluding hydrogens is 286 g/mol. The van der Waals surface area contributed by atoms with Gasteiger partial charge in [0.2, 0.25) is 0 Å². The molecule has 0 saturated heterocycles. The zero-order valence-electron chi connectivity index (χ0n) is 10.3. The van der Waals surface area contributed by atoms with Gasteiger partial charge >= 0.3 is 6.36 Å². The molecule has 0 unspecified atom stereocenters. The predicted octanol–water partition coefficient (Wildman–Crippen LogP) is 4.34. The summed E-state index contributed by atoms with van der Waals surface area (Å²) in [6.07, 6.45) is -2.41. The quantitative estimate of drug-likeness (QED) is 0.821. The molecular formula is C12H16ClF4NO. The van der Waals surface area contributed by atoms with Crippen LogP contribution in [0.2, 0.25) is 0 Å². The van der Waals surface area contributed by atoms with E-state index >= 15 is 0 Å². The van der Waals surface area contributed by atoms with Crippen molar-refractivity contribution >= 4 is 12.4 Å². The van der Waals surface area contributed by atoms with Crippen LogP contribution >= 0.6 is 12.4 Å². The maximum atomic E-state index is 13.4. The lowest BCUT2D eigenvalue weighted by Crippen LogP contribution is -2.18. The summed E-state index contributed by atoms with van der Waals surface area (Å²) in [4.78, 5) is 0. The van der Waals surface area contributed by atoms with Crippen molar-refractivity contribution in [1.29, 1.82) is 0 Å². The fourth-order valence-electron chi connectivity index (χ4n) is 1.55. The molecule has 1 rings (SSSR count). The molecule has 0 aromatic heterocycles. The van der Waals surface area contributed by atoms with Crippen molar-refractivity contribution in [2.24, 2.45) is 5.73 Å². The highest BCUT2D eigenvalue weighted by atomic mass is 35.5. The predicted molar refractivity (Wildman–Crippen MR) is 66.8 cm³/mol. The Morgan fingerprint density at radius 3 is 2.42 bits per heavy atom. The maximum Gasteiger partial charge on any atom is 0.573 e. The van der Waals surface area contributed by atoms with Gasteiger partial charge in [-0.15, -0.1) is 25.6 Å². The second-order valence-corrected chi connectivity index (χ2v) is 3.99. The number of hydrogen-bond acceptors (Lipinski definition) is 2. The van der Waals surface area contributed by atoms with E-state index in [9.17, 15) is 17.6 Å². The minimum atomic E-state index is -4.90. The van der Waals surface area contributed by atoms with Gasteiger partial charge in [-0.05, 0) is 24.1 Å². The molecule has 19 heavy (non-hydrogen) atoms. The van der Waals surface area contributed by atoms with Gasteiger partial charge in [-0.2, -0.15) is 0 Å². The molecule has 0 spiro atoms. The fourth-order valence-corrected chi connectivity index (χ4v) is 1.55. The fraction of sp³-hybridized carbons (Fsp3) is 0.500. The van der Waals surface area contributed by atoms with Crippen LogP contribution in [0.1, 0.15) is 37.8 Å². The van der Waals surface area contributed by atoms with Crippen molar-refractivity contribution < 1.29 is 22.3 Å². The lowest BCUT2D eigenvalue weighted by atomic mass is 10.0. The average Bonchev–Trinajstić information content (AvgIpc) is 2.27. The van der Waals surface area contributed by atoms with Crippen LogP contribution in [0.4, 0.5) is 17.6 Å². The molecule has 0 heterocycles. The molecule has 0 amide bonds. The van der Waals surface area contributed by atoms with Gasteiger partial charge in [-0.25, -0.2) is 4.39 Å². The lowest BCUT2D eigenvalue weighted by molar-refractivity contribution is -0.275. The Balaban J connectivity index is 0.00000324. The molecule has 7 heteroatoms. The highest BCUT2D eigenvalue weighted by Gasteiger charge is 2.32. The van der Waals surface area contributed by atoms with Gasteiger partial charge < -0.3 is 10.5 Å². The molecule has 0 saturated carbocycles. The van der Waals surface area contributed by atoms with E-state index in [0.717, 1.165) is 25.0 Å². The summed E-state index contributed by atoms with van der Waals surface area (Å²) < 4.78 is 52.7. The van der Waals surface area contributed by atoms with E-state index in [-0.39, 0.29) is 18.4 Å². The van der Waals surface area contributed by atoms with Crippen LogP contribution in [0, 0.1) is 5.82 Å². The maximum absolute atomic E-state index is 13.4. The first-order valence-corrected chi connectivity index (χ1v) is 5.64. The van der Waals surface area contributed by atoms with Crippen molar-refractivity contribution in [3.63, 3.8) is 0 Å². The third-order valence-electron chi connectivity index (χ3n) is 2.48. The largest absolute Gasteiger partial charge is 0.573 e. The Morgan fingerprint density at radius 1 is 1.32 bits per heavy atom. The Kier molecular flexibility index (Phi) is 7.15. The number of alkyl halides is 3. The summed E-state index contributed by atoms with van der Waals surface area (Å²) >= 11 is 0. The summed E-state index contributed by atoms with van der Waals surface area (Å²) in [7, 11) is 0. The van der Waals surface area contributed by atoms with Crippen molar-refractivity contribution in [1.82, 2.24) is 0 Å². The van der Waals surface area contributed by atoms with Crippen LogP contribution in [0.5, 0.6) is 5.75 Å². The van der Waals surface area contributed by atoms with Crippen LogP contribution in [0.3, 0.4) is 0 Å². The van der Waals surface area contributed by atoms with Gasteiger partial charge in [0.05, 0.1) is 0 Å². The number of unbranched alkanes of at least 4 members (excludes halogenated alkanes) is 1. The van der Waals surface area contributed by atoms with E-state index in [1.54, 1.807) is 0 Å². The number of rotatable bonds is 5. The van der Waals surface area contributed by atoms with E-state index in [2.05, 4.69) is 4.74 Å². The monoisotopic (exact) mass is 301 g/mol. The van der Waals surface area contributed by atoms with Gasteiger partial charge in [0.15, 0.2) is 11.6 Å². The number of halogens is 5. The van der Waals surface area contributed by atoms with Crippen molar-refractivity contribution in [2.75, 3.05) is 0 Å². The molecule has 1 atom stereocenters. The van der Waals surface area contributed by atoms with Crippen molar-refractivity contribution in [3.05, 3.63) is 29.6 Å². The highest BCUT2D eigenvalue weighted by Crippen LogP contribution is 2.28. The third kappa shape index (κ3) is 6.11. The molecule has 110 valence electrons. The highest BCUT2D eigenvalue weighted by molar-refractivity contribution is 5.85. The summed E-state index contributed by atoms with van der Waals surface area (Å²) in [5.41, 5.74) is 6.27. The molecule has 2 nitrogen and oxygen atoms in total. The second-order valence-electron chi connectivity index (χ2n) is 3.99. The van der Waals surface area contributed by atoms with E-state index in [0.29, 0.717) is 12.0 Å². The zero-order valence-corrected chi connectivity index (χ0v) is 11.2. The summed E-state index contributed by atoms with van der Waals surface area (Å²) in [5.74, 6) is -1.90. The number of benzene rings is 1. The van der Waals surface area contributed by atoms with Crippen LogP contribution in [-0.2, 0) is 0 Å². The topological polar surface area (TPSA) is 35.2 Å². The van der Waals surface area contributed by atoms with Gasteiger partial charge in [-0.3, -0.25) is 0 Å². The SMILES string of the molecule is CCCC[C@H](N)c1ccc(OC(F)(F)F)c(F)c1.Cl.